The summed E-state index contributed by atoms with van der Waals surface area (Å²) in [6, 6.07) is 10.8. The summed E-state index contributed by atoms with van der Waals surface area (Å²) in [5, 5.41) is 20.1. The molecule has 0 aliphatic rings. The summed E-state index contributed by atoms with van der Waals surface area (Å²) in [4.78, 5) is 0. The third-order valence-electron chi connectivity index (χ3n) is 5.22. The van der Waals surface area contributed by atoms with Gasteiger partial charge < -0.3 is 19.7 Å². The molecular weight excluding hydrogens is 511 g/mol. The summed E-state index contributed by atoms with van der Waals surface area (Å²) < 4.78 is 34.3. The van der Waals surface area contributed by atoms with Gasteiger partial charge in [0.2, 0.25) is 0 Å². The average Bonchev–Trinajstić information content (AvgIpc) is 2.76. The fourth-order valence-corrected chi connectivity index (χ4v) is 4.67. The quantitative estimate of drug-likeness (QED) is 0.387. The maximum atomic E-state index is 11.6. The maximum absolute atomic E-state index is 11.6. The first kappa shape index (κ1) is 28.0. The van der Waals surface area contributed by atoms with Crippen molar-refractivity contribution in [3.05, 3.63) is 57.6 Å². The van der Waals surface area contributed by atoms with Gasteiger partial charge in [0.15, 0.2) is 15.6 Å². The second-order valence-corrected chi connectivity index (χ2v) is 11.7. The lowest BCUT2D eigenvalue weighted by Crippen LogP contribution is -2.28. The molecule has 0 aliphatic heterocycles. The molecule has 2 atom stereocenters. The number of hydrogen-bond acceptors (Lipinski definition) is 6. The fraction of sp³-hybridized carbons (Fsp3) is 0.478. The van der Waals surface area contributed by atoms with Gasteiger partial charge in [-0.1, -0.05) is 56.1 Å². The van der Waals surface area contributed by atoms with Crippen LogP contribution in [0.1, 0.15) is 31.9 Å². The van der Waals surface area contributed by atoms with Crippen LogP contribution in [0, 0.1) is 0 Å². The van der Waals surface area contributed by atoms with E-state index in [-0.39, 0.29) is 36.3 Å². The first-order valence-electron chi connectivity index (χ1n) is 10.4. The Balaban J connectivity index is 2.12. The highest BCUT2D eigenvalue weighted by atomic mass is 35.5. The highest BCUT2D eigenvalue weighted by molar-refractivity contribution is 7.91. The van der Waals surface area contributed by atoms with Gasteiger partial charge in [0.05, 0.1) is 21.7 Å². The standard InChI is InChI=1S/C23H29Cl3O6S/c1-4-33(29,30)14-18(28)13-31-19-7-5-15(6-8-19)23(2,3)16-9-20(25)22(21(26)10-16)32-12-17(27)11-24/h5-10,17-18,27-28H,4,11-14H2,1-3H3/t17-,18+/m1/s1. The molecule has 184 valence electrons. The smallest absolute Gasteiger partial charge is 0.156 e. The number of hydrogen-bond donors (Lipinski definition) is 2. The number of alkyl halides is 1. The minimum Gasteiger partial charge on any atom is -0.491 e. The lowest BCUT2D eigenvalue weighted by molar-refractivity contribution is 0.125. The Morgan fingerprint density at radius 3 is 2.00 bits per heavy atom. The second-order valence-electron chi connectivity index (χ2n) is 8.20. The molecule has 2 N–H and O–H groups in total. The van der Waals surface area contributed by atoms with Gasteiger partial charge in [-0.15, -0.1) is 11.6 Å². The SMILES string of the molecule is CCS(=O)(=O)C[C@@H](O)COc1ccc(C(C)(C)c2cc(Cl)c(OC[C@H](O)CCl)c(Cl)c2)cc1. The van der Waals surface area contributed by atoms with E-state index in [0.29, 0.717) is 15.8 Å². The van der Waals surface area contributed by atoms with Crippen LogP contribution in [0.4, 0.5) is 0 Å². The Kier molecular flexibility index (Phi) is 10.2. The molecule has 0 heterocycles. The molecule has 0 radical (unpaired) electrons. The zero-order valence-electron chi connectivity index (χ0n) is 18.7. The molecular formula is C23H29Cl3O6S. The fourth-order valence-electron chi connectivity index (χ4n) is 3.07. The molecule has 0 fully saturated rings. The predicted octanol–water partition coefficient (Wildman–Crippen LogP) is 4.47. The van der Waals surface area contributed by atoms with Crippen LogP contribution < -0.4 is 9.47 Å². The van der Waals surface area contributed by atoms with Crippen LogP contribution in [0.3, 0.4) is 0 Å². The molecule has 10 heteroatoms. The molecule has 0 aromatic heterocycles. The van der Waals surface area contributed by atoms with Crippen molar-refractivity contribution in [1.82, 2.24) is 0 Å². The summed E-state index contributed by atoms with van der Waals surface area (Å²) in [6.07, 6.45) is -1.92. The van der Waals surface area contributed by atoms with E-state index in [2.05, 4.69) is 0 Å². The van der Waals surface area contributed by atoms with Crippen LogP contribution in [-0.4, -0.2) is 61.4 Å². The molecule has 6 nitrogen and oxygen atoms in total. The minimum atomic E-state index is -3.28. The normalized spacial score (nSPS) is 14.1. The van der Waals surface area contributed by atoms with Crippen molar-refractivity contribution in [3.63, 3.8) is 0 Å². The van der Waals surface area contributed by atoms with Gasteiger partial charge in [-0.05, 0) is 35.4 Å². The molecule has 0 saturated carbocycles. The van der Waals surface area contributed by atoms with Gasteiger partial charge >= 0.3 is 0 Å². The molecule has 0 saturated heterocycles. The summed E-state index contributed by atoms with van der Waals surface area (Å²) >= 11 is 18.4. The lowest BCUT2D eigenvalue weighted by Gasteiger charge is -2.27. The minimum absolute atomic E-state index is 0.0216. The summed E-state index contributed by atoms with van der Waals surface area (Å²) in [7, 11) is -3.28. The van der Waals surface area contributed by atoms with Crippen LogP contribution in [0.2, 0.25) is 10.0 Å². The molecule has 0 bridgehead atoms. The highest BCUT2D eigenvalue weighted by Gasteiger charge is 2.26. The first-order chi connectivity index (χ1) is 15.4. The Morgan fingerprint density at radius 2 is 1.48 bits per heavy atom. The molecule has 0 spiro atoms. The number of aliphatic hydroxyl groups excluding tert-OH is 2. The topological polar surface area (TPSA) is 93.1 Å². The van der Waals surface area contributed by atoms with Crippen molar-refractivity contribution in [2.75, 3.05) is 30.6 Å². The zero-order chi connectivity index (χ0) is 24.8. The molecule has 0 unspecified atom stereocenters. The number of ether oxygens (including phenoxy) is 2. The summed E-state index contributed by atoms with van der Waals surface area (Å²) in [5.74, 6) is 0.483. The number of rotatable bonds is 12. The van der Waals surface area contributed by atoms with E-state index in [1.54, 1.807) is 24.3 Å². The number of sulfone groups is 1. The van der Waals surface area contributed by atoms with Crippen molar-refractivity contribution in [3.8, 4) is 11.5 Å². The van der Waals surface area contributed by atoms with Crippen molar-refractivity contribution in [1.29, 1.82) is 0 Å². The molecule has 0 amide bonds. The van der Waals surface area contributed by atoms with Crippen LogP contribution in [0.15, 0.2) is 36.4 Å². The summed E-state index contributed by atoms with van der Waals surface area (Å²) in [5.41, 5.74) is 1.35. The van der Waals surface area contributed by atoms with Crippen LogP contribution in [-0.2, 0) is 15.3 Å². The molecule has 2 aromatic carbocycles. The van der Waals surface area contributed by atoms with E-state index in [1.165, 1.54) is 6.92 Å². The number of aliphatic hydroxyl groups is 2. The van der Waals surface area contributed by atoms with Crippen molar-refractivity contribution < 1.29 is 28.1 Å². The van der Waals surface area contributed by atoms with Crippen LogP contribution >= 0.6 is 34.8 Å². The van der Waals surface area contributed by atoms with Crippen molar-refractivity contribution >= 4 is 44.6 Å². The second kappa shape index (κ2) is 12.0. The van der Waals surface area contributed by atoms with Crippen molar-refractivity contribution in [2.24, 2.45) is 0 Å². The van der Waals surface area contributed by atoms with E-state index in [4.69, 9.17) is 44.3 Å². The zero-order valence-corrected chi connectivity index (χ0v) is 21.8. The Hall–Kier alpha value is -1.22. The lowest BCUT2D eigenvalue weighted by atomic mass is 9.78. The Labute approximate surface area is 210 Å². The van der Waals surface area contributed by atoms with Gasteiger partial charge in [-0.25, -0.2) is 8.42 Å². The average molecular weight is 540 g/mol. The van der Waals surface area contributed by atoms with Gasteiger partial charge in [0, 0.05) is 11.2 Å². The van der Waals surface area contributed by atoms with Gasteiger partial charge in [0.25, 0.3) is 0 Å². The number of halogens is 3. The van der Waals surface area contributed by atoms with Crippen molar-refractivity contribution in [2.45, 2.75) is 38.4 Å². The molecule has 2 aromatic rings. The monoisotopic (exact) mass is 538 g/mol. The van der Waals surface area contributed by atoms with E-state index < -0.39 is 27.5 Å². The third kappa shape index (κ3) is 7.91. The van der Waals surface area contributed by atoms with Gasteiger partial charge in [-0.2, -0.15) is 0 Å². The molecule has 2 rings (SSSR count). The molecule has 33 heavy (non-hydrogen) atoms. The van der Waals surface area contributed by atoms with E-state index in [9.17, 15) is 18.6 Å². The van der Waals surface area contributed by atoms with Crippen LogP contribution in [0.5, 0.6) is 11.5 Å². The Morgan fingerprint density at radius 1 is 0.939 bits per heavy atom. The van der Waals surface area contributed by atoms with E-state index in [1.807, 2.05) is 26.0 Å². The largest absolute Gasteiger partial charge is 0.491 e. The van der Waals surface area contributed by atoms with E-state index in [0.717, 1.165) is 11.1 Å². The first-order valence-corrected chi connectivity index (χ1v) is 13.5. The maximum Gasteiger partial charge on any atom is 0.156 e. The van der Waals surface area contributed by atoms with E-state index >= 15 is 0 Å². The number of benzene rings is 2. The summed E-state index contributed by atoms with van der Waals surface area (Å²) in [6.45, 7) is 5.43. The third-order valence-corrected chi connectivity index (χ3v) is 7.91. The predicted molar refractivity (Wildman–Crippen MR) is 133 cm³/mol. The van der Waals surface area contributed by atoms with Crippen LogP contribution in [0.25, 0.3) is 0 Å². The van der Waals surface area contributed by atoms with Gasteiger partial charge in [-0.3, -0.25) is 0 Å². The molecule has 0 aliphatic carbocycles. The van der Waals surface area contributed by atoms with Gasteiger partial charge in [0.1, 0.15) is 31.2 Å². The highest BCUT2D eigenvalue weighted by Crippen LogP contribution is 2.40. The Bertz CT molecular complexity index is 1000.